The van der Waals surface area contributed by atoms with Crippen LogP contribution in [0.1, 0.15) is 25.8 Å². The summed E-state index contributed by atoms with van der Waals surface area (Å²) in [5.74, 6) is -3.33. The van der Waals surface area contributed by atoms with Crippen molar-refractivity contribution >= 4 is 17.8 Å². The Kier molecular flexibility index (Phi) is 4.63. The topological polar surface area (TPSA) is 78.5 Å². The molecule has 0 unspecified atom stereocenters. The highest BCUT2D eigenvalue weighted by atomic mass is 19.2. The summed E-state index contributed by atoms with van der Waals surface area (Å²) in [6, 6.07) is 2.20. The van der Waals surface area contributed by atoms with Gasteiger partial charge in [-0.2, -0.15) is 0 Å². The van der Waals surface area contributed by atoms with Gasteiger partial charge in [0.15, 0.2) is 11.6 Å². The first-order valence-electron chi connectivity index (χ1n) is 7.16. The van der Waals surface area contributed by atoms with Gasteiger partial charge >= 0.3 is 6.03 Å². The van der Waals surface area contributed by atoms with E-state index in [0.29, 0.717) is 6.54 Å². The molecule has 124 valence electrons. The van der Waals surface area contributed by atoms with Crippen molar-refractivity contribution in [3.05, 3.63) is 35.4 Å². The van der Waals surface area contributed by atoms with Crippen LogP contribution in [-0.2, 0) is 15.1 Å². The highest BCUT2D eigenvalue weighted by Gasteiger charge is 2.49. The fourth-order valence-corrected chi connectivity index (χ4v) is 2.31. The lowest BCUT2D eigenvalue weighted by atomic mass is 9.92. The maximum absolute atomic E-state index is 13.4. The molecule has 2 N–H and O–H groups in total. The van der Waals surface area contributed by atoms with Crippen LogP contribution in [0.2, 0.25) is 0 Å². The van der Waals surface area contributed by atoms with E-state index < -0.39 is 41.6 Å². The maximum Gasteiger partial charge on any atom is 0.325 e. The quantitative estimate of drug-likeness (QED) is 0.800. The van der Waals surface area contributed by atoms with Crippen molar-refractivity contribution in [1.82, 2.24) is 15.5 Å². The lowest BCUT2D eigenvalue weighted by molar-refractivity contribution is -0.134. The number of benzene rings is 1. The monoisotopic (exact) mass is 325 g/mol. The number of rotatable bonds is 5. The average molecular weight is 325 g/mol. The van der Waals surface area contributed by atoms with Gasteiger partial charge in [0, 0.05) is 6.54 Å². The molecule has 23 heavy (non-hydrogen) atoms. The SMILES string of the molecule is CCCNC(=O)CN1C(=O)N[C@](C)(c2ccc(F)c(F)c2)C1=O. The Balaban J connectivity index is 2.22. The minimum atomic E-state index is -1.54. The summed E-state index contributed by atoms with van der Waals surface area (Å²) in [5, 5.41) is 4.98. The van der Waals surface area contributed by atoms with E-state index in [1.165, 1.54) is 13.0 Å². The van der Waals surface area contributed by atoms with Crippen LogP contribution in [-0.4, -0.2) is 35.8 Å². The number of nitrogens with zero attached hydrogens (tertiary/aromatic N) is 1. The molecule has 4 amide bonds. The fourth-order valence-electron chi connectivity index (χ4n) is 2.31. The number of carbonyl (C=O) groups excluding carboxylic acids is 3. The zero-order valence-electron chi connectivity index (χ0n) is 12.8. The van der Waals surface area contributed by atoms with E-state index in [4.69, 9.17) is 0 Å². The molecule has 8 heteroatoms. The smallest absolute Gasteiger partial charge is 0.325 e. The van der Waals surface area contributed by atoms with Crippen molar-refractivity contribution in [2.75, 3.05) is 13.1 Å². The molecule has 0 saturated carbocycles. The Hall–Kier alpha value is -2.51. The molecule has 1 aromatic carbocycles. The van der Waals surface area contributed by atoms with Gasteiger partial charge in [-0.25, -0.2) is 13.6 Å². The number of halogens is 2. The first kappa shape index (κ1) is 16.9. The third kappa shape index (κ3) is 3.15. The normalized spacial score (nSPS) is 20.6. The zero-order chi connectivity index (χ0) is 17.2. The largest absolute Gasteiger partial charge is 0.355 e. The molecular weight excluding hydrogens is 308 g/mol. The Bertz CT molecular complexity index is 665. The third-order valence-corrected chi connectivity index (χ3v) is 3.65. The molecule has 1 aliphatic rings. The van der Waals surface area contributed by atoms with Gasteiger partial charge in [-0.15, -0.1) is 0 Å². The Labute approximate surface area is 131 Å². The van der Waals surface area contributed by atoms with E-state index >= 15 is 0 Å². The molecule has 0 radical (unpaired) electrons. The molecule has 0 spiro atoms. The summed E-state index contributed by atoms with van der Waals surface area (Å²) < 4.78 is 26.4. The van der Waals surface area contributed by atoms with Crippen LogP contribution in [0.25, 0.3) is 0 Å². The summed E-state index contributed by atoms with van der Waals surface area (Å²) in [6.45, 7) is 3.25. The zero-order valence-corrected chi connectivity index (χ0v) is 12.8. The van der Waals surface area contributed by atoms with Gasteiger partial charge in [0.25, 0.3) is 5.91 Å². The molecule has 1 saturated heterocycles. The molecule has 6 nitrogen and oxygen atoms in total. The molecule has 1 aliphatic heterocycles. The maximum atomic E-state index is 13.4. The van der Waals surface area contributed by atoms with Crippen molar-refractivity contribution < 1.29 is 23.2 Å². The Morgan fingerprint density at radius 1 is 1.30 bits per heavy atom. The Morgan fingerprint density at radius 3 is 2.61 bits per heavy atom. The van der Waals surface area contributed by atoms with E-state index in [1.807, 2.05) is 6.92 Å². The molecule has 0 aliphatic carbocycles. The van der Waals surface area contributed by atoms with Crippen molar-refractivity contribution in [1.29, 1.82) is 0 Å². The van der Waals surface area contributed by atoms with Crippen LogP contribution in [0.4, 0.5) is 13.6 Å². The van der Waals surface area contributed by atoms with Crippen LogP contribution >= 0.6 is 0 Å². The van der Waals surface area contributed by atoms with Crippen molar-refractivity contribution in [3.63, 3.8) is 0 Å². The first-order valence-corrected chi connectivity index (χ1v) is 7.16. The lowest BCUT2D eigenvalue weighted by Gasteiger charge is -2.22. The van der Waals surface area contributed by atoms with Crippen LogP contribution in [0, 0.1) is 11.6 Å². The summed E-state index contributed by atoms with van der Waals surface area (Å²) >= 11 is 0. The molecule has 1 heterocycles. The molecule has 1 aromatic rings. The molecule has 0 aromatic heterocycles. The third-order valence-electron chi connectivity index (χ3n) is 3.65. The van der Waals surface area contributed by atoms with Gasteiger partial charge in [0.05, 0.1) is 0 Å². The molecule has 1 atom stereocenters. The van der Waals surface area contributed by atoms with Crippen molar-refractivity contribution in [3.8, 4) is 0 Å². The van der Waals surface area contributed by atoms with Gasteiger partial charge in [-0.3, -0.25) is 14.5 Å². The summed E-state index contributed by atoms with van der Waals surface area (Å²) in [4.78, 5) is 36.9. The number of urea groups is 1. The fraction of sp³-hybridized carbons (Fsp3) is 0.400. The van der Waals surface area contributed by atoms with Gasteiger partial charge < -0.3 is 10.6 Å². The van der Waals surface area contributed by atoms with Crippen LogP contribution in [0.3, 0.4) is 0 Å². The average Bonchev–Trinajstić information content (AvgIpc) is 2.72. The molecule has 2 rings (SSSR count). The predicted octanol–water partition coefficient (Wildman–Crippen LogP) is 1.26. The van der Waals surface area contributed by atoms with Gasteiger partial charge in [-0.05, 0) is 31.0 Å². The highest BCUT2D eigenvalue weighted by Crippen LogP contribution is 2.29. The minimum absolute atomic E-state index is 0.103. The van der Waals surface area contributed by atoms with E-state index in [-0.39, 0.29) is 5.56 Å². The number of hydrogen-bond donors (Lipinski definition) is 2. The number of carbonyl (C=O) groups is 3. The number of hydrogen-bond acceptors (Lipinski definition) is 3. The summed E-state index contributed by atoms with van der Waals surface area (Å²) in [6.07, 6.45) is 0.721. The molecule has 0 bridgehead atoms. The first-order chi connectivity index (χ1) is 10.8. The van der Waals surface area contributed by atoms with E-state index in [1.54, 1.807) is 0 Å². The number of nitrogens with one attached hydrogen (secondary N) is 2. The van der Waals surface area contributed by atoms with Crippen molar-refractivity contribution in [2.24, 2.45) is 0 Å². The van der Waals surface area contributed by atoms with Crippen molar-refractivity contribution in [2.45, 2.75) is 25.8 Å². The predicted molar refractivity (Wildman–Crippen MR) is 77.3 cm³/mol. The van der Waals surface area contributed by atoms with E-state index in [0.717, 1.165) is 23.5 Å². The van der Waals surface area contributed by atoms with Gasteiger partial charge in [0.1, 0.15) is 12.1 Å². The van der Waals surface area contributed by atoms with E-state index in [2.05, 4.69) is 10.6 Å². The summed E-state index contributed by atoms with van der Waals surface area (Å²) in [7, 11) is 0. The van der Waals surface area contributed by atoms with Gasteiger partial charge in [-0.1, -0.05) is 13.0 Å². The van der Waals surface area contributed by atoms with Crippen LogP contribution < -0.4 is 10.6 Å². The van der Waals surface area contributed by atoms with Crippen LogP contribution in [0.5, 0.6) is 0 Å². The number of amides is 4. The second-order valence-corrected chi connectivity index (χ2v) is 5.43. The Morgan fingerprint density at radius 2 is 2.00 bits per heavy atom. The van der Waals surface area contributed by atoms with Crippen LogP contribution in [0.15, 0.2) is 18.2 Å². The standard InChI is InChI=1S/C15H17F2N3O3/c1-3-6-18-12(21)8-20-13(22)15(2,19-14(20)23)9-4-5-10(16)11(17)7-9/h4-5,7H,3,6,8H2,1-2H3,(H,18,21)(H,19,23)/t15-/m1/s1. The van der Waals surface area contributed by atoms with Gasteiger partial charge in [0.2, 0.25) is 5.91 Å². The second kappa shape index (κ2) is 6.31. The minimum Gasteiger partial charge on any atom is -0.355 e. The number of imide groups is 1. The second-order valence-electron chi connectivity index (χ2n) is 5.43. The molecular formula is C15H17F2N3O3. The lowest BCUT2D eigenvalue weighted by Crippen LogP contribution is -2.43. The summed E-state index contributed by atoms with van der Waals surface area (Å²) in [5.41, 5.74) is -1.44. The van der Waals surface area contributed by atoms with E-state index in [9.17, 15) is 23.2 Å². The highest BCUT2D eigenvalue weighted by molar-refractivity contribution is 6.09. The molecule has 1 fully saturated rings.